The van der Waals surface area contributed by atoms with Crippen LogP contribution in [-0.4, -0.2) is 39.2 Å². The Morgan fingerprint density at radius 3 is 2.47 bits per heavy atom. The molecule has 0 aliphatic rings. The molecule has 0 unspecified atom stereocenters. The summed E-state index contributed by atoms with van der Waals surface area (Å²) in [5, 5.41) is 7.39. The number of rotatable bonds is 6. The number of amides is 1. The van der Waals surface area contributed by atoms with Crippen LogP contribution in [-0.2, 0) is 17.5 Å². The predicted octanol–water partition coefficient (Wildman–Crippen LogP) is 4.66. The molecule has 11 heteroatoms. The van der Waals surface area contributed by atoms with Crippen LogP contribution in [0.2, 0.25) is 10.0 Å². The first-order chi connectivity index (χ1) is 14.1. The summed E-state index contributed by atoms with van der Waals surface area (Å²) in [6.07, 6.45) is -1.98. The average Bonchev–Trinajstić information content (AvgIpc) is 3.14. The fourth-order valence-corrected chi connectivity index (χ4v) is 3.42. The molecule has 30 heavy (non-hydrogen) atoms. The van der Waals surface area contributed by atoms with Gasteiger partial charge in [0.05, 0.1) is 23.5 Å². The van der Waals surface area contributed by atoms with E-state index in [0.29, 0.717) is 16.6 Å². The second-order valence-electron chi connectivity index (χ2n) is 6.57. The van der Waals surface area contributed by atoms with Gasteiger partial charge in [0.15, 0.2) is 0 Å². The third-order valence-corrected chi connectivity index (χ3v) is 4.49. The topological polar surface area (TPSA) is 63.1 Å². The molecule has 2 aromatic carbocycles. The molecule has 3 rings (SSSR count). The highest BCUT2D eigenvalue weighted by molar-refractivity contribution is 6.34. The molecule has 3 aromatic rings. The smallest absolute Gasteiger partial charge is 0.323 e. The van der Waals surface area contributed by atoms with Gasteiger partial charge in [0.1, 0.15) is 12.7 Å². The lowest BCUT2D eigenvalue weighted by molar-refractivity contribution is -0.137. The highest BCUT2D eigenvalue weighted by Crippen LogP contribution is 2.33. The molecule has 158 valence electrons. The van der Waals surface area contributed by atoms with Gasteiger partial charge in [-0.3, -0.25) is 9.69 Å². The minimum Gasteiger partial charge on any atom is -0.323 e. The summed E-state index contributed by atoms with van der Waals surface area (Å²) >= 11 is 12.0. The van der Waals surface area contributed by atoms with Crippen molar-refractivity contribution in [2.24, 2.45) is 0 Å². The maximum Gasteiger partial charge on any atom is 0.416 e. The van der Waals surface area contributed by atoms with Crippen molar-refractivity contribution in [3.05, 3.63) is 70.2 Å². The first-order valence-corrected chi connectivity index (χ1v) is 9.37. The maximum absolute atomic E-state index is 13.1. The van der Waals surface area contributed by atoms with Crippen LogP contribution in [0.4, 0.5) is 18.9 Å². The largest absolute Gasteiger partial charge is 0.416 e. The summed E-state index contributed by atoms with van der Waals surface area (Å²) in [4.78, 5) is 18.0. The molecule has 0 saturated heterocycles. The van der Waals surface area contributed by atoms with E-state index < -0.39 is 17.6 Å². The number of likely N-dealkylation sites (N-methyl/N-ethyl adjacent to an activating group) is 1. The van der Waals surface area contributed by atoms with Crippen LogP contribution in [0.25, 0.3) is 5.69 Å². The molecule has 0 aliphatic carbocycles. The second-order valence-corrected chi connectivity index (χ2v) is 7.44. The maximum atomic E-state index is 13.1. The lowest BCUT2D eigenvalue weighted by atomic mass is 10.1. The molecule has 0 atom stereocenters. The summed E-state index contributed by atoms with van der Waals surface area (Å²) in [7, 11) is 1.69. The van der Waals surface area contributed by atoms with Crippen LogP contribution in [0, 0.1) is 0 Å². The van der Waals surface area contributed by atoms with E-state index in [4.69, 9.17) is 23.2 Å². The summed E-state index contributed by atoms with van der Waals surface area (Å²) < 4.78 is 40.6. The number of alkyl halides is 3. The zero-order valence-electron chi connectivity index (χ0n) is 15.6. The average molecular weight is 458 g/mol. The Balaban J connectivity index is 1.76. The van der Waals surface area contributed by atoms with Gasteiger partial charge in [-0.15, -0.1) is 0 Å². The predicted molar refractivity (Wildman–Crippen MR) is 108 cm³/mol. The zero-order valence-corrected chi connectivity index (χ0v) is 17.1. The number of benzene rings is 2. The van der Waals surface area contributed by atoms with Crippen LogP contribution in [0.5, 0.6) is 0 Å². The first kappa shape index (κ1) is 22.1. The number of aromatic nitrogens is 3. The van der Waals surface area contributed by atoms with Gasteiger partial charge >= 0.3 is 6.18 Å². The molecule has 0 radical (unpaired) electrons. The van der Waals surface area contributed by atoms with Crippen LogP contribution >= 0.6 is 23.2 Å². The Morgan fingerprint density at radius 1 is 1.17 bits per heavy atom. The van der Waals surface area contributed by atoms with Gasteiger partial charge in [-0.25, -0.2) is 9.67 Å². The standard InChI is InChI=1S/C19H16Cl2F3N5O/c1-28(8-12-4-14(20)7-15(21)5-12)9-18(30)27-16-6-13(19(22,23)24)2-3-17(16)29-11-25-10-26-29/h2-7,10-11H,8-9H2,1H3,(H,27,30). The molecule has 0 fully saturated rings. The third-order valence-electron chi connectivity index (χ3n) is 4.05. The van der Waals surface area contributed by atoms with Crippen molar-refractivity contribution in [3.8, 4) is 5.69 Å². The van der Waals surface area contributed by atoms with Crippen molar-refractivity contribution in [2.75, 3.05) is 18.9 Å². The molecule has 1 N–H and O–H groups in total. The quantitative estimate of drug-likeness (QED) is 0.584. The van der Waals surface area contributed by atoms with Crippen LogP contribution in [0.1, 0.15) is 11.1 Å². The first-order valence-electron chi connectivity index (χ1n) is 8.61. The van der Waals surface area contributed by atoms with Crippen molar-refractivity contribution >= 4 is 34.8 Å². The summed E-state index contributed by atoms with van der Waals surface area (Å²) in [5.41, 5.74) is 0.145. The van der Waals surface area contributed by atoms with Crippen molar-refractivity contribution in [3.63, 3.8) is 0 Å². The Labute approximate surface area is 180 Å². The van der Waals surface area contributed by atoms with Crippen molar-refractivity contribution in [1.29, 1.82) is 0 Å². The van der Waals surface area contributed by atoms with Gasteiger partial charge in [0, 0.05) is 16.6 Å². The number of carbonyl (C=O) groups excluding carboxylic acids is 1. The number of anilines is 1. The Kier molecular flexibility index (Phi) is 6.64. The molecule has 1 heterocycles. The number of nitrogens with zero attached hydrogens (tertiary/aromatic N) is 4. The Bertz CT molecular complexity index is 1020. The molecule has 1 aromatic heterocycles. The molecule has 0 aliphatic heterocycles. The summed E-state index contributed by atoms with van der Waals surface area (Å²) in [6.45, 7) is 0.295. The second kappa shape index (κ2) is 9.03. The fourth-order valence-electron chi connectivity index (χ4n) is 2.85. The van der Waals surface area contributed by atoms with E-state index in [9.17, 15) is 18.0 Å². The summed E-state index contributed by atoms with van der Waals surface area (Å²) in [5.74, 6) is -0.494. The van der Waals surface area contributed by atoms with Gasteiger partial charge in [-0.1, -0.05) is 23.2 Å². The van der Waals surface area contributed by atoms with Crippen LogP contribution < -0.4 is 5.32 Å². The molecular formula is C19H16Cl2F3N5O. The molecular weight excluding hydrogens is 442 g/mol. The lowest BCUT2D eigenvalue weighted by Gasteiger charge is -2.18. The van der Waals surface area contributed by atoms with E-state index in [1.54, 1.807) is 30.1 Å². The van der Waals surface area contributed by atoms with E-state index in [1.165, 1.54) is 23.4 Å². The Hall–Kier alpha value is -2.62. The highest BCUT2D eigenvalue weighted by Gasteiger charge is 2.31. The van der Waals surface area contributed by atoms with Gasteiger partial charge in [-0.05, 0) is 49.0 Å². The number of nitrogens with one attached hydrogen (secondary N) is 1. The molecule has 1 amide bonds. The SMILES string of the molecule is CN(CC(=O)Nc1cc(C(F)(F)F)ccc1-n1cncn1)Cc1cc(Cl)cc(Cl)c1. The van der Waals surface area contributed by atoms with Crippen LogP contribution in [0.15, 0.2) is 49.1 Å². The van der Waals surface area contributed by atoms with E-state index in [2.05, 4.69) is 15.4 Å². The zero-order chi connectivity index (χ0) is 21.9. The summed E-state index contributed by atoms with van der Waals surface area (Å²) in [6, 6.07) is 8.05. The lowest BCUT2D eigenvalue weighted by Crippen LogP contribution is -2.30. The normalized spacial score (nSPS) is 11.7. The van der Waals surface area contributed by atoms with Crippen molar-refractivity contribution in [2.45, 2.75) is 12.7 Å². The van der Waals surface area contributed by atoms with Gasteiger partial charge in [-0.2, -0.15) is 18.3 Å². The van der Waals surface area contributed by atoms with E-state index in [0.717, 1.165) is 17.7 Å². The number of hydrogen-bond donors (Lipinski definition) is 1. The van der Waals surface area contributed by atoms with Crippen molar-refractivity contribution in [1.82, 2.24) is 19.7 Å². The van der Waals surface area contributed by atoms with Crippen molar-refractivity contribution < 1.29 is 18.0 Å². The van der Waals surface area contributed by atoms with Gasteiger partial charge in [0.2, 0.25) is 5.91 Å². The van der Waals surface area contributed by atoms with E-state index in [1.807, 2.05) is 0 Å². The third kappa shape index (κ3) is 5.71. The van der Waals surface area contributed by atoms with E-state index >= 15 is 0 Å². The number of halogens is 5. The number of carbonyl (C=O) groups is 1. The minimum absolute atomic E-state index is 0.0282. The highest BCUT2D eigenvalue weighted by atomic mass is 35.5. The molecule has 0 saturated carbocycles. The molecule has 0 spiro atoms. The number of hydrogen-bond acceptors (Lipinski definition) is 4. The minimum atomic E-state index is -4.55. The Morgan fingerprint density at radius 2 is 1.87 bits per heavy atom. The fraction of sp³-hybridized carbons (Fsp3) is 0.211. The monoisotopic (exact) mass is 457 g/mol. The van der Waals surface area contributed by atoms with Crippen LogP contribution in [0.3, 0.4) is 0 Å². The van der Waals surface area contributed by atoms with Gasteiger partial charge < -0.3 is 5.32 Å². The molecule has 6 nitrogen and oxygen atoms in total. The van der Waals surface area contributed by atoms with Gasteiger partial charge in [0.25, 0.3) is 0 Å². The molecule has 0 bridgehead atoms. The van der Waals surface area contributed by atoms with E-state index in [-0.39, 0.29) is 17.9 Å².